The van der Waals surface area contributed by atoms with Crippen molar-refractivity contribution in [1.29, 1.82) is 0 Å². The normalized spacial score (nSPS) is 11.5. The van der Waals surface area contributed by atoms with Crippen LogP contribution in [0, 0.1) is 5.82 Å². The number of carbonyl (C=O) groups is 2. The van der Waals surface area contributed by atoms with E-state index in [1.165, 1.54) is 12.4 Å². The Morgan fingerprint density at radius 3 is 2.75 bits per heavy atom. The number of benzene rings is 2. The molecule has 2 amide bonds. The molecule has 0 aliphatic rings. The lowest BCUT2D eigenvalue weighted by molar-refractivity contribution is -0.111. The number of fused-ring (bicyclic) bond motifs is 1. The minimum atomic E-state index is -1.18. The summed E-state index contributed by atoms with van der Waals surface area (Å²) in [5.74, 6) is -0.369. The van der Waals surface area contributed by atoms with Crippen LogP contribution >= 0.6 is 15.9 Å². The molecule has 1 heterocycles. The average Bonchev–Trinajstić information content (AvgIpc) is 2.74. The van der Waals surface area contributed by atoms with Gasteiger partial charge < -0.3 is 25.8 Å². The highest BCUT2D eigenvalue weighted by Gasteiger charge is 2.15. The van der Waals surface area contributed by atoms with Gasteiger partial charge in [0.05, 0.1) is 22.9 Å². The average molecular weight is 504 g/mol. The number of hydrogen-bond acceptors (Lipinski definition) is 6. The summed E-state index contributed by atoms with van der Waals surface area (Å²) in [4.78, 5) is 31.1. The third kappa shape index (κ3) is 5.70. The molecule has 0 bridgehead atoms. The van der Waals surface area contributed by atoms with E-state index in [-0.39, 0.29) is 18.0 Å². The van der Waals surface area contributed by atoms with E-state index in [4.69, 9.17) is 9.84 Å². The molecule has 0 radical (unpaired) electrons. The maximum atomic E-state index is 14.3. The van der Waals surface area contributed by atoms with Gasteiger partial charge in [-0.3, -0.25) is 4.79 Å². The third-order valence-corrected chi connectivity index (χ3v) is 4.72. The molecule has 0 aliphatic carbocycles. The minimum absolute atomic E-state index is 0.00899. The van der Waals surface area contributed by atoms with E-state index >= 15 is 0 Å². The lowest BCUT2D eigenvalue weighted by Crippen LogP contribution is -2.35. The predicted molar refractivity (Wildman–Crippen MR) is 122 cm³/mol. The summed E-state index contributed by atoms with van der Waals surface area (Å²) in [5.41, 5.74) is 0.961. The predicted octanol–water partition coefficient (Wildman–Crippen LogP) is 4.43. The molecule has 4 N–H and O–H groups in total. The Labute approximate surface area is 190 Å². The second-order valence-corrected chi connectivity index (χ2v) is 7.61. The minimum Gasteiger partial charge on any atom is -0.489 e. The van der Waals surface area contributed by atoms with Crippen LogP contribution in [0.15, 0.2) is 53.8 Å². The molecule has 3 aromatic rings. The molecule has 1 atom stereocenters. The molecule has 1 aromatic heterocycles. The third-order valence-electron chi connectivity index (χ3n) is 4.22. The number of amides is 2. The highest BCUT2D eigenvalue weighted by molar-refractivity contribution is 9.10. The van der Waals surface area contributed by atoms with Crippen molar-refractivity contribution >= 4 is 56.0 Å². The van der Waals surface area contributed by atoms with Gasteiger partial charge in [0.1, 0.15) is 30.3 Å². The standard InChI is InChI=1S/C21H19BrFN5O4/c1-3-19(29)27-17-7-13-16(8-18(17)32-9-11(2)26-21(30)31)24-10-25-20(13)28-15-5-4-12(22)6-14(15)23/h3-8,10-11,26H,1,9H2,2H3,(H,27,29)(H,30,31)(H,24,25,28). The summed E-state index contributed by atoms with van der Waals surface area (Å²) in [6, 6.07) is 7.21. The van der Waals surface area contributed by atoms with Crippen LogP contribution in [0.5, 0.6) is 5.75 Å². The monoisotopic (exact) mass is 503 g/mol. The number of anilines is 3. The van der Waals surface area contributed by atoms with Crippen LogP contribution in [0.2, 0.25) is 0 Å². The van der Waals surface area contributed by atoms with Gasteiger partial charge in [-0.05, 0) is 37.3 Å². The van der Waals surface area contributed by atoms with E-state index < -0.39 is 23.9 Å². The van der Waals surface area contributed by atoms with Crippen molar-refractivity contribution in [3.63, 3.8) is 0 Å². The van der Waals surface area contributed by atoms with E-state index in [0.717, 1.165) is 6.08 Å². The van der Waals surface area contributed by atoms with Gasteiger partial charge in [0.25, 0.3) is 0 Å². The molecule has 166 valence electrons. The lowest BCUT2D eigenvalue weighted by Gasteiger charge is -2.17. The van der Waals surface area contributed by atoms with Crippen LogP contribution < -0.4 is 20.7 Å². The number of carboxylic acid groups (broad SMARTS) is 1. The molecule has 11 heteroatoms. The Morgan fingerprint density at radius 2 is 2.06 bits per heavy atom. The molecule has 0 fully saturated rings. The maximum Gasteiger partial charge on any atom is 0.404 e. The number of ether oxygens (including phenoxy) is 1. The first kappa shape index (κ1) is 22.9. The topological polar surface area (TPSA) is 125 Å². The quantitative estimate of drug-likeness (QED) is 0.335. The first-order valence-electron chi connectivity index (χ1n) is 9.33. The van der Waals surface area contributed by atoms with Crippen molar-refractivity contribution in [3.05, 3.63) is 59.6 Å². The van der Waals surface area contributed by atoms with Gasteiger partial charge in [0.15, 0.2) is 0 Å². The Hall–Kier alpha value is -3.73. The fourth-order valence-electron chi connectivity index (χ4n) is 2.77. The zero-order chi connectivity index (χ0) is 23.3. The molecule has 2 aromatic carbocycles. The van der Waals surface area contributed by atoms with Gasteiger partial charge >= 0.3 is 6.09 Å². The molecule has 0 aliphatic heterocycles. The molecule has 0 saturated carbocycles. The van der Waals surface area contributed by atoms with E-state index in [1.54, 1.807) is 31.2 Å². The number of carbonyl (C=O) groups excluding carboxylic acids is 1. The summed E-state index contributed by atoms with van der Waals surface area (Å²) < 4.78 is 20.6. The van der Waals surface area contributed by atoms with Crippen LogP contribution in [0.4, 0.5) is 26.4 Å². The number of nitrogens with one attached hydrogen (secondary N) is 3. The van der Waals surface area contributed by atoms with Gasteiger partial charge in [-0.15, -0.1) is 0 Å². The fourth-order valence-corrected chi connectivity index (χ4v) is 3.10. The van der Waals surface area contributed by atoms with Gasteiger partial charge in [-0.1, -0.05) is 22.5 Å². The number of aromatic nitrogens is 2. The summed E-state index contributed by atoms with van der Waals surface area (Å²) in [7, 11) is 0. The van der Waals surface area contributed by atoms with Crippen molar-refractivity contribution < 1.29 is 23.8 Å². The summed E-state index contributed by atoms with van der Waals surface area (Å²) >= 11 is 3.21. The van der Waals surface area contributed by atoms with Crippen LogP contribution in [-0.4, -0.2) is 39.7 Å². The van der Waals surface area contributed by atoms with Crippen LogP contribution in [-0.2, 0) is 4.79 Å². The zero-order valence-corrected chi connectivity index (χ0v) is 18.4. The summed E-state index contributed by atoms with van der Waals surface area (Å²) in [5, 5.41) is 17.2. The van der Waals surface area contributed by atoms with E-state index in [0.29, 0.717) is 26.9 Å². The SMILES string of the molecule is C=CC(=O)Nc1cc2c(Nc3ccc(Br)cc3F)ncnc2cc1OCC(C)NC(=O)O. The van der Waals surface area contributed by atoms with Gasteiger partial charge in [0.2, 0.25) is 5.91 Å². The first-order chi connectivity index (χ1) is 15.3. The van der Waals surface area contributed by atoms with Crippen molar-refractivity contribution in [1.82, 2.24) is 15.3 Å². The smallest absolute Gasteiger partial charge is 0.404 e. The summed E-state index contributed by atoms with van der Waals surface area (Å²) in [6.45, 7) is 5.08. The molecule has 3 rings (SSSR count). The first-order valence-corrected chi connectivity index (χ1v) is 10.1. The zero-order valence-electron chi connectivity index (χ0n) is 16.9. The van der Waals surface area contributed by atoms with Gasteiger partial charge in [0, 0.05) is 15.9 Å². The molecule has 9 nitrogen and oxygen atoms in total. The van der Waals surface area contributed by atoms with E-state index in [9.17, 15) is 14.0 Å². The van der Waals surface area contributed by atoms with Crippen molar-refractivity contribution in [2.75, 3.05) is 17.2 Å². The van der Waals surface area contributed by atoms with Crippen LogP contribution in [0.25, 0.3) is 10.9 Å². The van der Waals surface area contributed by atoms with Crippen molar-refractivity contribution in [2.45, 2.75) is 13.0 Å². The van der Waals surface area contributed by atoms with Crippen LogP contribution in [0.1, 0.15) is 6.92 Å². The largest absolute Gasteiger partial charge is 0.489 e. The highest BCUT2D eigenvalue weighted by atomic mass is 79.9. The van der Waals surface area contributed by atoms with Gasteiger partial charge in [-0.2, -0.15) is 0 Å². The molecular weight excluding hydrogens is 485 g/mol. The number of hydrogen-bond donors (Lipinski definition) is 4. The second kappa shape index (κ2) is 10.1. The Balaban J connectivity index is 1.99. The second-order valence-electron chi connectivity index (χ2n) is 6.69. The number of nitrogens with zero attached hydrogens (tertiary/aromatic N) is 2. The Morgan fingerprint density at radius 1 is 1.28 bits per heavy atom. The Kier molecular flexibility index (Phi) is 7.21. The van der Waals surface area contributed by atoms with Crippen molar-refractivity contribution in [3.8, 4) is 5.75 Å². The summed E-state index contributed by atoms with van der Waals surface area (Å²) in [6.07, 6.45) is 1.23. The van der Waals surface area contributed by atoms with Gasteiger partial charge in [-0.25, -0.2) is 19.2 Å². The van der Waals surface area contributed by atoms with E-state index in [2.05, 4.69) is 48.4 Å². The molecule has 32 heavy (non-hydrogen) atoms. The molecule has 1 unspecified atom stereocenters. The van der Waals surface area contributed by atoms with Crippen molar-refractivity contribution in [2.24, 2.45) is 0 Å². The van der Waals surface area contributed by atoms with Crippen LogP contribution in [0.3, 0.4) is 0 Å². The Bertz CT molecular complexity index is 1190. The van der Waals surface area contributed by atoms with E-state index in [1.807, 2.05) is 0 Å². The maximum absolute atomic E-state index is 14.3. The number of rotatable bonds is 8. The molecule has 0 spiro atoms. The lowest BCUT2D eigenvalue weighted by atomic mass is 10.1. The number of halogens is 2. The highest BCUT2D eigenvalue weighted by Crippen LogP contribution is 2.34. The molecular formula is C21H19BrFN5O4. The molecule has 0 saturated heterocycles. The fraction of sp³-hybridized carbons (Fsp3) is 0.143.